The third-order valence-corrected chi connectivity index (χ3v) is 2.56. The van der Waals surface area contributed by atoms with Gasteiger partial charge in [0.1, 0.15) is 0 Å². The van der Waals surface area contributed by atoms with Crippen molar-refractivity contribution < 1.29 is 9.53 Å². The van der Waals surface area contributed by atoms with Gasteiger partial charge in [-0.05, 0) is 24.7 Å². The molecule has 2 heteroatoms. The second kappa shape index (κ2) is 8.37. The monoisotopic (exact) mass is 226 g/mol. The Balaban J connectivity index is 3.68. The minimum Gasteiger partial charge on any atom is -0.466 e. The Bertz CT molecular complexity index is 217. The first-order valence-electron chi connectivity index (χ1n) is 6.29. The molecule has 16 heavy (non-hydrogen) atoms. The highest BCUT2D eigenvalue weighted by Crippen LogP contribution is 2.24. The largest absolute Gasteiger partial charge is 0.466 e. The first-order chi connectivity index (χ1) is 7.48. The lowest BCUT2D eigenvalue weighted by atomic mass is 9.87. The normalized spacial score (nSPS) is 12.0. The third-order valence-electron chi connectivity index (χ3n) is 2.56. The number of ether oxygens (including phenoxy) is 1. The predicted octanol–water partition coefficient (Wildman–Crippen LogP) is 4.10. The highest BCUT2D eigenvalue weighted by molar-refractivity contribution is 5.65. The van der Waals surface area contributed by atoms with Crippen molar-refractivity contribution >= 4 is 5.97 Å². The molecule has 0 unspecified atom stereocenters. The van der Waals surface area contributed by atoms with Gasteiger partial charge in [-0.15, -0.1) is 0 Å². The number of carbonyl (C=O) groups is 1. The van der Waals surface area contributed by atoms with Crippen LogP contribution in [0.25, 0.3) is 0 Å². The quantitative estimate of drug-likeness (QED) is 0.354. The summed E-state index contributed by atoms with van der Waals surface area (Å²) in [7, 11) is 0. The van der Waals surface area contributed by atoms with Gasteiger partial charge < -0.3 is 4.74 Å². The summed E-state index contributed by atoms with van der Waals surface area (Å²) >= 11 is 0. The van der Waals surface area contributed by atoms with Crippen molar-refractivity contribution in [2.24, 2.45) is 5.41 Å². The van der Waals surface area contributed by atoms with E-state index in [1.54, 1.807) is 0 Å². The smallest absolute Gasteiger partial charge is 0.302 e. The molecular formula is C14H26O2. The molecule has 0 aromatic rings. The van der Waals surface area contributed by atoms with Gasteiger partial charge in [0.05, 0.1) is 6.61 Å². The topological polar surface area (TPSA) is 26.3 Å². The Morgan fingerprint density at radius 1 is 1.31 bits per heavy atom. The Labute approximate surface area is 100 Å². The molecule has 2 nitrogen and oxygen atoms in total. The maximum Gasteiger partial charge on any atom is 0.302 e. The second-order valence-electron chi connectivity index (χ2n) is 4.98. The van der Waals surface area contributed by atoms with Gasteiger partial charge in [0.2, 0.25) is 0 Å². The molecule has 0 heterocycles. The van der Waals surface area contributed by atoms with Gasteiger partial charge >= 0.3 is 5.97 Å². The van der Waals surface area contributed by atoms with E-state index >= 15 is 0 Å². The number of esters is 1. The molecule has 0 N–H and O–H groups in total. The van der Waals surface area contributed by atoms with Crippen LogP contribution in [0.2, 0.25) is 0 Å². The summed E-state index contributed by atoms with van der Waals surface area (Å²) in [4.78, 5) is 10.6. The van der Waals surface area contributed by atoms with E-state index in [0.29, 0.717) is 6.61 Å². The molecule has 0 saturated heterocycles. The summed E-state index contributed by atoms with van der Waals surface area (Å²) < 4.78 is 4.92. The number of carbonyl (C=O) groups excluding carboxylic acids is 1. The van der Waals surface area contributed by atoms with Crippen LogP contribution >= 0.6 is 0 Å². The summed E-state index contributed by atoms with van der Waals surface area (Å²) in [6.07, 6.45) is 10.2. The third kappa shape index (κ3) is 9.75. The van der Waals surface area contributed by atoms with Crippen molar-refractivity contribution in [3.8, 4) is 0 Å². The van der Waals surface area contributed by atoms with Crippen molar-refractivity contribution in [2.75, 3.05) is 6.61 Å². The van der Waals surface area contributed by atoms with Crippen LogP contribution in [0.1, 0.15) is 59.8 Å². The van der Waals surface area contributed by atoms with Gasteiger partial charge in [0, 0.05) is 6.92 Å². The van der Waals surface area contributed by atoms with Gasteiger partial charge in [0.25, 0.3) is 0 Å². The Morgan fingerprint density at radius 2 is 2.00 bits per heavy atom. The molecule has 0 spiro atoms. The fourth-order valence-corrected chi connectivity index (χ4v) is 1.55. The average molecular weight is 226 g/mol. The molecule has 0 atom stereocenters. The van der Waals surface area contributed by atoms with Crippen LogP contribution in [0.3, 0.4) is 0 Å². The lowest BCUT2D eigenvalue weighted by Crippen LogP contribution is -2.10. The van der Waals surface area contributed by atoms with E-state index in [9.17, 15) is 4.79 Å². The van der Waals surface area contributed by atoms with E-state index in [4.69, 9.17) is 4.74 Å². The number of unbranched alkanes of at least 4 members (excludes halogenated alkanes) is 2. The first kappa shape index (κ1) is 15.2. The summed E-state index contributed by atoms with van der Waals surface area (Å²) in [6, 6.07) is 0. The van der Waals surface area contributed by atoms with Crippen molar-refractivity contribution in [1.29, 1.82) is 0 Å². The second-order valence-corrected chi connectivity index (χ2v) is 4.98. The van der Waals surface area contributed by atoms with Gasteiger partial charge in [-0.2, -0.15) is 0 Å². The zero-order valence-corrected chi connectivity index (χ0v) is 11.2. The van der Waals surface area contributed by atoms with Crippen molar-refractivity contribution in [1.82, 2.24) is 0 Å². The lowest BCUT2D eigenvalue weighted by molar-refractivity contribution is -0.141. The molecule has 0 aromatic carbocycles. The molecule has 0 fully saturated rings. The van der Waals surface area contributed by atoms with Gasteiger partial charge in [-0.1, -0.05) is 45.8 Å². The molecule has 0 saturated carbocycles. The van der Waals surface area contributed by atoms with E-state index in [-0.39, 0.29) is 11.4 Å². The zero-order chi connectivity index (χ0) is 12.4. The van der Waals surface area contributed by atoms with E-state index in [1.165, 1.54) is 26.2 Å². The molecular weight excluding hydrogens is 200 g/mol. The van der Waals surface area contributed by atoms with Crippen LogP contribution in [0.5, 0.6) is 0 Å². The van der Waals surface area contributed by atoms with Crippen LogP contribution in [0.4, 0.5) is 0 Å². The van der Waals surface area contributed by atoms with Crippen molar-refractivity contribution in [3.05, 3.63) is 12.2 Å². The van der Waals surface area contributed by atoms with E-state index in [0.717, 1.165) is 12.8 Å². The molecule has 0 aliphatic heterocycles. The molecule has 0 rings (SSSR count). The summed E-state index contributed by atoms with van der Waals surface area (Å²) in [5.41, 5.74) is 0.216. The predicted molar refractivity (Wildman–Crippen MR) is 68.3 cm³/mol. The summed E-state index contributed by atoms with van der Waals surface area (Å²) in [5, 5.41) is 0. The molecule has 94 valence electrons. The molecule has 0 aromatic heterocycles. The van der Waals surface area contributed by atoms with Crippen molar-refractivity contribution in [3.63, 3.8) is 0 Å². The molecule has 0 aliphatic carbocycles. The van der Waals surface area contributed by atoms with Crippen LogP contribution < -0.4 is 0 Å². The van der Waals surface area contributed by atoms with E-state index in [1.807, 2.05) is 0 Å². The molecule has 0 bridgehead atoms. The fourth-order valence-electron chi connectivity index (χ4n) is 1.55. The minimum atomic E-state index is -0.184. The number of allylic oxidation sites excluding steroid dienone is 2. The highest BCUT2D eigenvalue weighted by Gasteiger charge is 2.12. The molecule has 0 amide bonds. The summed E-state index contributed by atoms with van der Waals surface area (Å²) in [6.45, 7) is 8.65. The minimum absolute atomic E-state index is 0.184. The number of rotatable bonds is 8. The maximum atomic E-state index is 10.6. The number of hydrogen-bond donors (Lipinski definition) is 0. The Morgan fingerprint density at radius 3 is 2.56 bits per heavy atom. The van der Waals surface area contributed by atoms with Gasteiger partial charge in [0.15, 0.2) is 0 Å². The number of hydrogen-bond acceptors (Lipinski definition) is 2. The van der Waals surface area contributed by atoms with Gasteiger partial charge in [-0.25, -0.2) is 0 Å². The van der Waals surface area contributed by atoms with Crippen LogP contribution in [0, 0.1) is 5.41 Å². The van der Waals surface area contributed by atoms with E-state index < -0.39 is 0 Å². The van der Waals surface area contributed by atoms with Crippen LogP contribution in [-0.2, 0) is 9.53 Å². The average Bonchev–Trinajstić information content (AvgIpc) is 2.19. The zero-order valence-electron chi connectivity index (χ0n) is 11.2. The summed E-state index contributed by atoms with van der Waals surface area (Å²) in [5.74, 6) is -0.184. The molecule has 0 aliphatic rings. The highest BCUT2D eigenvalue weighted by atomic mass is 16.5. The van der Waals surface area contributed by atoms with Gasteiger partial charge in [-0.3, -0.25) is 4.79 Å². The van der Waals surface area contributed by atoms with E-state index in [2.05, 4.69) is 32.9 Å². The fraction of sp³-hybridized carbons (Fsp3) is 0.786. The molecule has 0 radical (unpaired) electrons. The standard InChI is InChI=1S/C14H26O2/c1-5-6-7-8-10-14(3,4)11-9-12-16-13(2)15/h8,10H,5-7,9,11-12H2,1-4H3/b10-8-. The van der Waals surface area contributed by atoms with Crippen LogP contribution in [0.15, 0.2) is 12.2 Å². The first-order valence-corrected chi connectivity index (χ1v) is 6.29. The lowest BCUT2D eigenvalue weighted by Gasteiger charge is -2.19. The van der Waals surface area contributed by atoms with Crippen molar-refractivity contribution in [2.45, 2.75) is 59.8 Å². The Hall–Kier alpha value is -0.790. The Kier molecular flexibility index (Phi) is 7.96. The maximum absolute atomic E-state index is 10.6. The van der Waals surface area contributed by atoms with Crippen LogP contribution in [-0.4, -0.2) is 12.6 Å². The SMILES string of the molecule is CCCC/C=C\C(C)(C)CCCOC(C)=O.